The Kier molecular flexibility index (Phi) is 3.72. The third-order valence-corrected chi connectivity index (χ3v) is 5.33. The van der Waals surface area contributed by atoms with Crippen molar-refractivity contribution in [3.05, 3.63) is 29.6 Å². The van der Waals surface area contributed by atoms with Crippen molar-refractivity contribution in [1.82, 2.24) is 0 Å². The van der Waals surface area contributed by atoms with Crippen LogP contribution in [0.25, 0.3) is 0 Å². The fourth-order valence-electron chi connectivity index (χ4n) is 3.79. The van der Waals surface area contributed by atoms with Crippen LogP contribution in [0.3, 0.4) is 0 Å². The van der Waals surface area contributed by atoms with E-state index in [9.17, 15) is 4.39 Å². The Morgan fingerprint density at radius 2 is 2.10 bits per heavy atom. The lowest BCUT2D eigenvalue weighted by molar-refractivity contribution is 0.170. The topological polar surface area (TPSA) is 29.3 Å². The van der Waals surface area contributed by atoms with Gasteiger partial charge in [0.2, 0.25) is 0 Å². The van der Waals surface area contributed by atoms with Crippen molar-refractivity contribution in [1.29, 1.82) is 0 Å². The highest BCUT2D eigenvalue weighted by molar-refractivity contribution is 5.58. The number of halogens is 1. The molecule has 2 aliphatic rings. The molecule has 0 saturated heterocycles. The highest BCUT2D eigenvalue weighted by atomic mass is 19.1. The molecule has 0 unspecified atom stereocenters. The molecule has 3 rings (SSSR count). The van der Waals surface area contributed by atoms with Gasteiger partial charge in [0, 0.05) is 24.2 Å². The molecular weight excluding hydrogens is 251 g/mol. The molecule has 0 amide bonds. The van der Waals surface area contributed by atoms with Gasteiger partial charge >= 0.3 is 0 Å². The van der Waals surface area contributed by atoms with E-state index >= 15 is 0 Å². The first-order chi connectivity index (χ1) is 9.62. The van der Waals surface area contributed by atoms with E-state index in [1.54, 1.807) is 12.1 Å². The predicted molar refractivity (Wildman–Crippen MR) is 81.4 cm³/mol. The summed E-state index contributed by atoms with van der Waals surface area (Å²) in [7, 11) is 0. The quantitative estimate of drug-likeness (QED) is 0.917. The molecule has 1 fully saturated rings. The van der Waals surface area contributed by atoms with Gasteiger partial charge in [0.15, 0.2) is 0 Å². The van der Waals surface area contributed by atoms with Gasteiger partial charge in [0.25, 0.3) is 0 Å². The largest absolute Gasteiger partial charge is 0.370 e. The van der Waals surface area contributed by atoms with Gasteiger partial charge in [-0.25, -0.2) is 4.39 Å². The molecule has 1 aliphatic carbocycles. The fraction of sp³-hybridized carbons (Fsp3) is 0.647. The average Bonchev–Trinajstić information content (AvgIpc) is 2.84. The molecule has 3 heteroatoms. The molecule has 2 nitrogen and oxygen atoms in total. The molecule has 0 radical (unpaired) electrons. The summed E-state index contributed by atoms with van der Waals surface area (Å²) in [6.45, 7) is 5.09. The van der Waals surface area contributed by atoms with Crippen molar-refractivity contribution in [3.8, 4) is 0 Å². The van der Waals surface area contributed by atoms with E-state index in [4.69, 9.17) is 5.73 Å². The van der Waals surface area contributed by atoms with Gasteiger partial charge in [-0.1, -0.05) is 25.8 Å². The Balaban J connectivity index is 1.77. The van der Waals surface area contributed by atoms with Crippen LogP contribution in [0.15, 0.2) is 18.2 Å². The van der Waals surface area contributed by atoms with Crippen LogP contribution in [0.2, 0.25) is 0 Å². The van der Waals surface area contributed by atoms with Crippen molar-refractivity contribution in [3.63, 3.8) is 0 Å². The number of nitrogens with two attached hydrogens (primary N) is 1. The van der Waals surface area contributed by atoms with Crippen LogP contribution in [0.4, 0.5) is 10.1 Å². The van der Waals surface area contributed by atoms with E-state index in [2.05, 4.69) is 11.8 Å². The van der Waals surface area contributed by atoms with Crippen LogP contribution in [-0.4, -0.2) is 19.6 Å². The van der Waals surface area contributed by atoms with Gasteiger partial charge in [-0.2, -0.15) is 0 Å². The standard InChI is InChI=1S/C17H25FN2/c1-13-4-7-17(11-19,8-5-13)12-20-9-6-14-2-3-15(18)10-16(14)20/h2-3,10,13H,4-9,11-12,19H2,1H3. The molecule has 20 heavy (non-hydrogen) atoms. The van der Waals surface area contributed by atoms with Crippen LogP contribution in [0, 0.1) is 17.2 Å². The van der Waals surface area contributed by atoms with Crippen molar-refractivity contribution >= 4 is 5.69 Å². The molecule has 2 N–H and O–H groups in total. The first-order valence-electron chi connectivity index (χ1n) is 7.85. The first kappa shape index (κ1) is 13.9. The van der Waals surface area contributed by atoms with Gasteiger partial charge in [-0.15, -0.1) is 0 Å². The Bertz CT molecular complexity index is 478. The lowest BCUT2D eigenvalue weighted by atomic mass is 9.70. The minimum absolute atomic E-state index is 0.130. The Hall–Kier alpha value is -1.09. The fourth-order valence-corrected chi connectivity index (χ4v) is 3.79. The molecule has 0 aromatic heterocycles. The highest BCUT2D eigenvalue weighted by Gasteiger charge is 2.36. The second-order valence-electron chi connectivity index (χ2n) is 6.83. The maximum absolute atomic E-state index is 13.5. The summed E-state index contributed by atoms with van der Waals surface area (Å²) in [6, 6.07) is 5.20. The first-order valence-corrected chi connectivity index (χ1v) is 7.85. The predicted octanol–water partition coefficient (Wildman–Crippen LogP) is 3.34. The minimum Gasteiger partial charge on any atom is -0.370 e. The van der Waals surface area contributed by atoms with Gasteiger partial charge < -0.3 is 10.6 Å². The second-order valence-corrected chi connectivity index (χ2v) is 6.83. The molecule has 0 bridgehead atoms. The normalized spacial score (nSPS) is 29.6. The number of rotatable bonds is 3. The lowest BCUT2D eigenvalue weighted by Gasteiger charge is -2.42. The smallest absolute Gasteiger partial charge is 0.125 e. The minimum atomic E-state index is -0.130. The SMILES string of the molecule is CC1CCC(CN)(CN2CCc3ccc(F)cc32)CC1. The molecule has 110 valence electrons. The van der Waals surface area contributed by atoms with E-state index in [1.165, 1.54) is 31.2 Å². The maximum Gasteiger partial charge on any atom is 0.125 e. The van der Waals surface area contributed by atoms with Gasteiger partial charge in [-0.05, 0) is 49.4 Å². The van der Waals surface area contributed by atoms with Crippen molar-refractivity contribution in [2.24, 2.45) is 17.1 Å². The molecule has 1 saturated carbocycles. The zero-order chi connectivity index (χ0) is 14.2. The molecule has 1 aliphatic heterocycles. The third-order valence-electron chi connectivity index (χ3n) is 5.33. The van der Waals surface area contributed by atoms with E-state index in [1.807, 2.05) is 6.07 Å². The van der Waals surface area contributed by atoms with Crippen LogP contribution in [-0.2, 0) is 6.42 Å². The van der Waals surface area contributed by atoms with E-state index in [0.29, 0.717) is 0 Å². The number of nitrogens with zero attached hydrogens (tertiary/aromatic N) is 1. The van der Waals surface area contributed by atoms with Gasteiger partial charge in [0.1, 0.15) is 5.82 Å². The van der Waals surface area contributed by atoms with Gasteiger partial charge in [-0.3, -0.25) is 0 Å². The summed E-state index contributed by atoms with van der Waals surface area (Å²) >= 11 is 0. The van der Waals surface area contributed by atoms with Crippen molar-refractivity contribution in [2.45, 2.75) is 39.0 Å². The van der Waals surface area contributed by atoms with Crippen LogP contribution in [0.5, 0.6) is 0 Å². The van der Waals surface area contributed by atoms with Crippen molar-refractivity contribution < 1.29 is 4.39 Å². The number of benzene rings is 1. The van der Waals surface area contributed by atoms with E-state index in [-0.39, 0.29) is 11.2 Å². The summed E-state index contributed by atoms with van der Waals surface area (Å²) in [6.07, 6.45) is 6.02. The summed E-state index contributed by atoms with van der Waals surface area (Å²) in [5.74, 6) is 0.702. The lowest BCUT2D eigenvalue weighted by Crippen LogP contribution is -2.44. The van der Waals surface area contributed by atoms with E-state index < -0.39 is 0 Å². The second kappa shape index (κ2) is 5.36. The molecule has 0 atom stereocenters. The summed E-state index contributed by atoms with van der Waals surface area (Å²) in [5, 5.41) is 0. The molecule has 0 spiro atoms. The number of hydrogen-bond donors (Lipinski definition) is 1. The van der Waals surface area contributed by atoms with Crippen molar-refractivity contribution in [2.75, 3.05) is 24.5 Å². The van der Waals surface area contributed by atoms with Crippen LogP contribution < -0.4 is 10.6 Å². The maximum atomic E-state index is 13.5. The highest BCUT2D eigenvalue weighted by Crippen LogP contribution is 2.41. The molecule has 1 aromatic rings. The average molecular weight is 276 g/mol. The summed E-state index contributed by atoms with van der Waals surface area (Å²) in [5.41, 5.74) is 8.72. The number of fused-ring (bicyclic) bond motifs is 1. The molecular formula is C17H25FN2. The van der Waals surface area contributed by atoms with E-state index in [0.717, 1.165) is 37.7 Å². The molecule has 1 heterocycles. The Morgan fingerprint density at radius 1 is 1.35 bits per heavy atom. The third kappa shape index (κ3) is 2.56. The summed E-state index contributed by atoms with van der Waals surface area (Å²) < 4.78 is 13.5. The van der Waals surface area contributed by atoms with Gasteiger partial charge in [0.05, 0.1) is 0 Å². The number of hydrogen-bond acceptors (Lipinski definition) is 2. The molecule has 1 aromatic carbocycles. The number of anilines is 1. The Morgan fingerprint density at radius 3 is 2.80 bits per heavy atom. The zero-order valence-corrected chi connectivity index (χ0v) is 12.4. The zero-order valence-electron chi connectivity index (χ0n) is 12.4. The summed E-state index contributed by atoms with van der Waals surface area (Å²) in [4.78, 5) is 2.36. The Labute approximate surface area is 121 Å². The van der Waals surface area contributed by atoms with Crippen LogP contribution in [0.1, 0.15) is 38.2 Å². The van der Waals surface area contributed by atoms with Crippen LogP contribution >= 0.6 is 0 Å². The monoisotopic (exact) mass is 276 g/mol.